The number of hydrogen-bond acceptors (Lipinski definition) is 2. The van der Waals surface area contributed by atoms with Crippen molar-refractivity contribution in [3.8, 4) is 0 Å². The smallest absolute Gasteiger partial charge is 0.178 e. The Labute approximate surface area is 111 Å². The number of aromatic nitrogens is 2. The maximum Gasteiger partial charge on any atom is 0.178 e. The number of unbranched alkanes of at least 4 members (excludes halogenated alkanes) is 2. The quantitative estimate of drug-likeness (QED) is 0.640. The van der Waals surface area contributed by atoms with Gasteiger partial charge in [-0.05, 0) is 49.7 Å². The van der Waals surface area contributed by atoms with E-state index >= 15 is 0 Å². The molecule has 0 aliphatic rings. The van der Waals surface area contributed by atoms with Gasteiger partial charge in [0.15, 0.2) is 4.77 Å². The highest BCUT2D eigenvalue weighted by molar-refractivity contribution is 7.71. The second-order valence-electron chi connectivity index (χ2n) is 4.30. The molecule has 3 nitrogen and oxygen atoms in total. The Bertz CT molecular complexity index is 576. The Hall–Kier alpha value is -1.20. The van der Waals surface area contributed by atoms with Gasteiger partial charge in [0.2, 0.25) is 0 Å². The standard InChI is InChI=1S/C13H17FN2OS/c1-17-8-4-2-3-7-16-12-9-10(14)5-6-11(12)15-13(16)18/h5-6,9H,2-4,7-8H2,1H3,(H,15,18). The molecule has 2 rings (SSSR count). The average Bonchev–Trinajstić information content (AvgIpc) is 2.65. The number of rotatable bonds is 6. The molecule has 5 heteroatoms. The van der Waals surface area contributed by atoms with Crippen LogP contribution in [-0.4, -0.2) is 23.3 Å². The van der Waals surface area contributed by atoms with Crippen molar-refractivity contribution in [2.24, 2.45) is 0 Å². The van der Waals surface area contributed by atoms with Crippen LogP contribution in [0.25, 0.3) is 11.0 Å². The number of H-pyrrole nitrogens is 1. The fourth-order valence-electron chi connectivity index (χ4n) is 2.04. The molecule has 1 heterocycles. The van der Waals surface area contributed by atoms with Crippen LogP contribution in [0, 0.1) is 10.6 Å². The van der Waals surface area contributed by atoms with E-state index in [4.69, 9.17) is 17.0 Å². The minimum Gasteiger partial charge on any atom is -0.385 e. The van der Waals surface area contributed by atoms with Crippen LogP contribution in [0.5, 0.6) is 0 Å². The largest absolute Gasteiger partial charge is 0.385 e. The number of aryl methyl sites for hydroxylation is 1. The predicted octanol–water partition coefficient (Wildman–Crippen LogP) is 3.65. The number of imidazole rings is 1. The lowest BCUT2D eigenvalue weighted by atomic mass is 10.2. The van der Waals surface area contributed by atoms with Gasteiger partial charge in [0.05, 0.1) is 11.0 Å². The molecule has 1 N–H and O–H groups in total. The Morgan fingerprint density at radius 2 is 2.17 bits per heavy atom. The first-order valence-corrected chi connectivity index (χ1v) is 6.50. The topological polar surface area (TPSA) is 29.9 Å². The number of fused-ring (bicyclic) bond motifs is 1. The van der Waals surface area contributed by atoms with Gasteiger partial charge in [0.1, 0.15) is 5.82 Å². The first-order valence-electron chi connectivity index (χ1n) is 6.09. The van der Waals surface area contributed by atoms with Crippen LogP contribution in [0.4, 0.5) is 4.39 Å². The van der Waals surface area contributed by atoms with Crippen molar-refractivity contribution >= 4 is 23.3 Å². The van der Waals surface area contributed by atoms with Gasteiger partial charge >= 0.3 is 0 Å². The number of hydrogen-bond donors (Lipinski definition) is 1. The highest BCUT2D eigenvalue weighted by Gasteiger charge is 2.05. The van der Waals surface area contributed by atoms with E-state index in [9.17, 15) is 4.39 Å². The summed E-state index contributed by atoms with van der Waals surface area (Å²) in [6.45, 7) is 1.60. The zero-order chi connectivity index (χ0) is 13.0. The number of halogens is 1. The number of benzene rings is 1. The van der Waals surface area contributed by atoms with E-state index in [-0.39, 0.29) is 5.82 Å². The van der Waals surface area contributed by atoms with Crippen molar-refractivity contribution in [1.82, 2.24) is 9.55 Å². The number of aromatic amines is 1. The van der Waals surface area contributed by atoms with Crippen molar-refractivity contribution in [1.29, 1.82) is 0 Å². The van der Waals surface area contributed by atoms with Gasteiger partial charge in [-0.25, -0.2) is 4.39 Å². The van der Waals surface area contributed by atoms with Gasteiger partial charge < -0.3 is 14.3 Å². The van der Waals surface area contributed by atoms with Gasteiger partial charge in [-0.1, -0.05) is 0 Å². The van der Waals surface area contributed by atoms with E-state index < -0.39 is 0 Å². The van der Waals surface area contributed by atoms with Crippen LogP contribution in [-0.2, 0) is 11.3 Å². The molecule has 0 radical (unpaired) electrons. The molecule has 0 aliphatic heterocycles. The van der Waals surface area contributed by atoms with E-state index in [0.29, 0.717) is 4.77 Å². The van der Waals surface area contributed by atoms with Gasteiger partial charge in [-0.15, -0.1) is 0 Å². The third-order valence-electron chi connectivity index (χ3n) is 2.97. The number of methoxy groups -OCH3 is 1. The summed E-state index contributed by atoms with van der Waals surface area (Å²) >= 11 is 5.26. The molecule has 18 heavy (non-hydrogen) atoms. The monoisotopic (exact) mass is 268 g/mol. The van der Waals surface area contributed by atoms with Crippen molar-refractivity contribution in [3.05, 3.63) is 28.8 Å². The second-order valence-corrected chi connectivity index (χ2v) is 4.68. The Balaban J connectivity index is 2.10. The second kappa shape index (κ2) is 6.11. The van der Waals surface area contributed by atoms with Crippen molar-refractivity contribution in [3.63, 3.8) is 0 Å². The Kier molecular flexibility index (Phi) is 4.49. The molecule has 98 valence electrons. The molecule has 0 unspecified atom stereocenters. The molecule has 0 fully saturated rings. The average molecular weight is 268 g/mol. The fourth-order valence-corrected chi connectivity index (χ4v) is 2.34. The lowest BCUT2D eigenvalue weighted by Gasteiger charge is -2.04. The summed E-state index contributed by atoms with van der Waals surface area (Å²) in [5.74, 6) is -0.232. The SMILES string of the molecule is COCCCCCn1c(=S)[nH]c2ccc(F)cc21. The maximum absolute atomic E-state index is 13.2. The van der Waals surface area contributed by atoms with Gasteiger partial charge in [-0.3, -0.25) is 0 Å². The normalized spacial score (nSPS) is 11.2. The lowest BCUT2D eigenvalue weighted by Crippen LogP contribution is -1.99. The van der Waals surface area contributed by atoms with Crippen LogP contribution in [0.1, 0.15) is 19.3 Å². The molecular formula is C13H17FN2OS. The molecule has 0 saturated heterocycles. The Morgan fingerprint density at radius 3 is 2.94 bits per heavy atom. The fraction of sp³-hybridized carbons (Fsp3) is 0.462. The highest BCUT2D eigenvalue weighted by Crippen LogP contribution is 2.16. The van der Waals surface area contributed by atoms with E-state index in [1.165, 1.54) is 12.1 Å². The molecule has 0 spiro atoms. The minimum atomic E-state index is -0.232. The summed E-state index contributed by atoms with van der Waals surface area (Å²) in [5.41, 5.74) is 1.73. The molecule has 0 aliphatic carbocycles. The third-order valence-corrected chi connectivity index (χ3v) is 3.29. The summed E-state index contributed by atoms with van der Waals surface area (Å²) < 4.78 is 20.9. The summed E-state index contributed by atoms with van der Waals surface area (Å²) in [6.07, 6.45) is 3.14. The van der Waals surface area contributed by atoms with Crippen LogP contribution in [0.3, 0.4) is 0 Å². The van der Waals surface area contributed by atoms with Crippen LogP contribution in [0.2, 0.25) is 0 Å². The first kappa shape index (κ1) is 13.2. The van der Waals surface area contributed by atoms with Gasteiger partial charge in [0.25, 0.3) is 0 Å². The molecule has 0 bridgehead atoms. The molecule has 0 amide bonds. The van der Waals surface area contributed by atoms with E-state index in [2.05, 4.69) is 4.98 Å². The van der Waals surface area contributed by atoms with Crippen molar-refractivity contribution < 1.29 is 9.13 Å². The van der Waals surface area contributed by atoms with Crippen molar-refractivity contribution in [2.45, 2.75) is 25.8 Å². The maximum atomic E-state index is 13.2. The Morgan fingerprint density at radius 1 is 1.33 bits per heavy atom. The lowest BCUT2D eigenvalue weighted by molar-refractivity contribution is 0.191. The third kappa shape index (κ3) is 2.97. The molecular weight excluding hydrogens is 251 g/mol. The minimum absolute atomic E-state index is 0.232. The first-order chi connectivity index (χ1) is 8.72. The molecule has 0 saturated carbocycles. The summed E-state index contributed by atoms with van der Waals surface area (Å²) in [4.78, 5) is 3.09. The summed E-state index contributed by atoms with van der Waals surface area (Å²) in [7, 11) is 1.71. The number of nitrogens with zero attached hydrogens (tertiary/aromatic N) is 1. The zero-order valence-electron chi connectivity index (χ0n) is 10.4. The molecule has 1 aromatic carbocycles. The number of ether oxygens (including phenoxy) is 1. The summed E-state index contributed by atoms with van der Waals surface area (Å²) in [6, 6.07) is 4.69. The van der Waals surface area contributed by atoms with E-state index in [1.807, 2.05) is 4.57 Å². The van der Waals surface area contributed by atoms with E-state index in [0.717, 1.165) is 43.4 Å². The van der Waals surface area contributed by atoms with Gasteiger partial charge in [0, 0.05) is 20.3 Å². The van der Waals surface area contributed by atoms with E-state index in [1.54, 1.807) is 13.2 Å². The molecule has 1 aromatic heterocycles. The highest BCUT2D eigenvalue weighted by atomic mass is 32.1. The predicted molar refractivity (Wildman–Crippen MR) is 72.8 cm³/mol. The zero-order valence-corrected chi connectivity index (χ0v) is 11.2. The van der Waals surface area contributed by atoms with Crippen molar-refractivity contribution in [2.75, 3.05) is 13.7 Å². The molecule has 2 aromatic rings. The van der Waals surface area contributed by atoms with Crippen LogP contribution >= 0.6 is 12.2 Å². The molecule has 0 atom stereocenters. The van der Waals surface area contributed by atoms with Gasteiger partial charge in [-0.2, -0.15) is 0 Å². The summed E-state index contributed by atoms with van der Waals surface area (Å²) in [5, 5.41) is 0. The van der Waals surface area contributed by atoms with Crippen LogP contribution in [0.15, 0.2) is 18.2 Å². The number of nitrogens with one attached hydrogen (secondary N) is 1. The van der Waals surface area contributed by atoms with Crippen LogP contribution < -0.4 is 0 Å².